The van der Waals surface area contributed by atoms with E-state index in [2.05, 4.69) is 129 Å². The van der Waals surface area contributed by atoms with Crippen LogP contribution in [0.3, 0.4) is 0 Å². The predicted octanol–water partition coefficient (Wildman–Crippen LogP) is 10.7. The Hall–Kier alpha value is -3.07. The molecular weight excluding hydrogens is 707 g/mol. The van der Waals surface area contributed by atoms with Gasteiger partial charge in [0, 0.05) is 44.2 Å². The molecule has 229 valence electrons. The number of hydrogen-bond acceptors (Lipinski definition) is 3. The average Bonchev–Trinajstić information content (AvgIpc) is 2.92. The van der Waals surface area contributed by atoms with E-state index >= 15 is 0 Å². The first-order valence-corrected chi connectivity index (χ1v) is 15.4. The van der Waals surface area contributed by atoms with Crippen molar-refractivity contribution in [1.29, 1.82) is 0 Å². The van der Waals surface area contributed by atoms with Crippen molar-refractivity contribution >= 4 is 49.0 Å². The zero-order chi connectivity index (χ0) is 30.7. The Kier molecular flexibility index (Phi) is 11.7. The van der Waals surface area contributed by atoms with Crippen LogP contribution < -0.4 is 0 Å². The monoisotopic (exact) mass is 753 g/mol. The summed E-state index contributed by atoms with van der Waals surface area (Å²) in [6.07, 6.45) is 3.45. The Balaban J connectivity index is 0.000000236. The van der Waals surface area contributed by atoms with Gasteiger partial charge >= 0.3 is 0 Å². The zero-order valence-electron chi connectivity index (χ0n) is 27.0. The molecule has 4 heteroatoms. The Labute approximate surface area is 271 Å². The summed E-state index contributed by atoms with van der Waals surface area (Å²) in [7, 11) is 0. The van der Waals surface area contributed by atoms with Crippen LogP contribution in [-0.4, -0.2) is 15.9 Å². The van der Waals surface area contributed by atoms with E-state index in [1.54, 1.807) is 0 Å². The molecule has 43 heavy (non-hydrogen) atoms. The van der Waals surface area contributed by atoms with E-state index in [4.69, 9.17) is 4.98 Å². The number of rotatable bonds is 7. The van der Waals surface area contributed by atoms with Gasteiger partial charge in [-0.05, 0) is 45.3 Å². The number of ketones is 1. The third kappa shape index (κ3) is 7.36. The maximum absolute atomic E-state index is 12.3. The van der Waals surface area contributed by atoms with Gasteiger partial charge in [-0.15, -0.1) is 17.0 Å². The van der Waals surface area contributed by atoms with E-state index in [1.165, 1.54) is 44.0 Å². The van der Waals surface area contributed by atoms with Crippen LogP contribution in [0.15, 0.2) is 78.7 Å². The van der Waals surface area contributed by atoms with Crippen molar-refractivity contribution in [3.63, 3.8) is 0 Å². The first kappa shape index (κ1) is 34.4. The van der Waals surface area contributed by atoms with Crippen LogP contribution in [0.25, 0.3) is 43.2 Å². The fourth-order valence-electron chi connectivity index (χ4n) is 6.80. The number of fused-ring (bicyclic) bond motifs is 7. The van der Waals surface area contributed by atoms with Crippen molar-refractivity contribution < 1.29 is 30.0 Å². The number of pyridine rings is 1. The van der Waals surface area contributed by atoms with Gasteiger partial charge in [0.2, 0.25) is 0 Å². The molecule has 0 saturated carbocycles. The smallest absolute Gasteiger partial charge is 0.162 e. The van der Waals surface area contributed by atoms with Gasteiger partial charge in [0.1, 0.15) is 0 Å². The molecule has 5 rings (SSSR count). The van der Waals surface area contributed by atoms with Crippen molar-refractivity contribution in [2.24, 2.45) is 35.5 Å². The Morgan fingerprint density at radius 2 is 1.21 bits per heavy atom. The van der Waals surface area contributed by atoms with Crippen LogP contribution in [-0.2, 0) is 24.9 Å². The zero-order valence-corrected chi connectivity index (χ0v) is 29.4. The minimum absolute atomic E-state index is 0. The van der Waals surface area contributed by atoms with Crippen LogP contribution in [0.2, 0.25) is 0 Å². The normalized spacial score (nSPS) is 12.3. The summed E-state index contributed by atoms with van der Waals surface area (Å²) in [5.41, 5.74) is 2.21. The number of hydrogen-bond donors (Lipinski definition) is 1. The summed E-state index contributed by atoms with van der Waals surface area (Å²) in [6, 6.07) is 24.9. The second-order valence-electron chi connectivity index (χ2n) is 13.0. The number of aliphatic hydroxyl groups excluding tert-OH is 1. The van der Waals surface area contributed by atoms with Crippen molar-refractivity contribution in [3.8, 4) is 0 Å². The van der Waals surface area contributed by atoms with Gasteiger partial charge in [-0.25, -0.2) is 0 Å². The molecule has 0 aliphatic carbocycles. The molecule has 1 aromatic heterocycles. The second-order valence-corrected chi connectivity index (χ2v) is 13.0. The minimum atomic E-state index is -0.0119. The number of nitrogens with zero attached hydrogens (tertiary/aromatic N) is 1. The number of carbonyl (C=O) groups is 1. The van der Waals surface area contributed by atoms with Gasteiger partial charge in [0.05, 0.1) is 5.76 Å². The summed E-state index contributed by atoms with van der Waals surface area (Å²) in [5, 5.41) is 18.8. The van der Waals surface area contributed by atoms with E-state index in [0.29, 0.717) is 23.7 Å². The summed E-state index contributed by atoms with van der Waals surface area (Å²) < 4.78 is 0. The van der Waals surface area contributed by atoms with E-state index < -0.39 is 0 Å². The third-order valence-corrected chi connectivity index (χ3v) is 8.53. The maximum Gasteiger partial charge on any atom is 0.162 e. The Morgan fingerprint density at radius 1 is 0.698 bits per heavy atom. The maximum atomic E-state index is 12.3. The third-order valence-electron chi connectivity index (χ3n) is 8.53. The van der Waals surface area contributed by atoms with E-state index in [9.17, 15) is 9.90 Å². The molecule has 0 fully saturated rings. The Morgan fingerprint density at radius 3 is 1.79 bits per heavy atom. The van der Waals surface area contributed by atoms with Gasteiger partial charge in [-0.1, -0.05) is 139 Å². The number of aliphatic hydroxyl groups is 1. The van der Waals surface area contributed by atoms with Gasteiger partial charge in [-0.2, -0.15) is 0 Å². The molecular formula is C39H46IrNO2-. The molecule has 0 spiro atoms. The first-order valence-electron chi connectivity index (χ1n) is 15.4. The molecule has 0 unspecified atom stereocenters. The number of aromatic nitrogens is 1. The quantitative estimate of drug-likeness (QED) is 0.0780. The molecule has 0 atom stereocenters. The minimum Gasteiger partial charge on any atom is -0.512 e. The van der Waals surface area contributed by atoms with Gasteiger partial charge in [0.25, 0.3) is 0 Å². The van der Waals surface area contributed by atoms with Crippen LogP contribution in [0.5, 0.6) is 0 Å². The molecule has 1 radical (unpaired) electrons. The Bertz CT molecular complexity index is 1730. The molecule has 1 N–H and O–H groups in total. The SMILES string of the molecule is CC(C)C(C(=O)/C=C(\O)C(C(C)C)C(C)C)C(C)C.Cc1[c-]c2c(ccc3c4ccccc4cnc23)c2ccccc12.[Ir]. The molecule has 4 aromatic carbocycles. The van der Waals surface area contributed by atoms with Gasteiger partial charge in [0.15, 0.2) is 5.78 Å². The first-order chi connectivity index (χ1) is 19.9. The number of benzene rings is 4. The molecule has 3 nitrogen and oxygen atoms in total. The number of aryl methyl sites for hydroxylation is 1. The standard InChI is InChI=1S/C22H14N.C17H32O2.Ir/c1-14-12-21-19(18-9-5-4-7-16(14)18)10-11-20-17-8-3-2-6-15(17)13-23-22(20)21;1-10(2)16(11(3)4)14(18)9-15(19)17(12(5)6)13(7)8;/h2-11,13H,1H3;9-13,16-18H,1-8H3;/q-1;;/b;14-9-;. The molecule has 0 bridgehead atoms. The average molecular weight is 753 g/mol. The molecule has 0 aliphatic heterocycles. The van der Waals surface area contributed by atoms with Gasteiger partial charge in [-0.3, -0.25) is 4.79 Å². The molecule has 5 aromatic rings. The number of allylic oxidation sites excluding steroid dienone is 2. The molecule has 0 saturated heterocycles. The number of carbonyl (C=O) groups excluding carboxylic acids is 1. The summed E-state index contributed by atoms with van der Waals surface area (Å²) in [4.78, 5) is 17.1. The van der Waals surface area contributed by atoms with Gasteiger partial charge < -0.3 is 10.1 Å². The fraction of sp³-hybridized carbons (Fsp3) is 0.385. The largest absolute Gasteiger partial charge is 0.512 e. The van der Waals surface area contributed by atoms with E-state index in [1.807, 2.05) is 6.20 Å². The van der Waals surface area contributed by atoms with Crippen molar-refractivity contribution in [2.75, 3.05) is 0 Å². The van der Waals surface area contributed by atoms with Crippen molar-refractivity contribution in [1.82, 2.24) is 4.98 Å². The van der Waals surface area contributed by atoms with Crippen molar-refractivity contribution in [2.45, 2.75) is 62.3 Å². The summed E-state index contributed by atoms with van der Waals surface area (Å²) in [6.45, 7) is 18.7. The van der Waals surface area contributed by atoms with Crippen LogP contribution in [0.4, 0.5) is 0 Å². The fourth-order valence-corrected chi connectivity index (χ4v) is 6.80. The summed E-state index contributed by atoms with van der Waals surface area (Å²) >= 11 is 0. The van der Waals surface area contributed by atoms with Crippen molar-refractivity contribution in [3.05, 3.63) is 90.3 Å². The topological polar surface area (TPSA) is 50.2 Å². The van der Waals surface area contributed by atoms with E-state index in [-0.39, 0.29) is 43.5 Å². The molecule has 0 aliphatic rings. The van der Waals surface area contributed by atoms with Crippen LogP contribution in [0.1, 0.15) is 61.0 Å². The van der Waals surface area contributed by atoms with E-state index in [0.717, 1.165) is 10.9 Å². The summed E-state index contributed by atoms with van der Waals surface area (Å²) in [5.74, 6) is 1.63. The molecule has 1 heterocycles. The van der Waals surface area contributed by atoms with Crippen LogP contribution >= 0.6 is 0 Å². The molecule has 0 amide bonds. The predicted molar refractivity (Wildman–Crippen MR) is 180 cm³/mol. The second kappa shape index (κ2) is 14.6. The van der Waals surface area contributed by atoms with Crippen LogP contribution in [0, 0.1) is 48.5 Å².